The van der Waals surface area contributed by atoms with Crippen molar-refractivity contribution in [2.24, 2.45) is 5.92 Å². The van der Waals surface area contributed by atoms with Crippen molar-refractivity contribution in [3.05, 3.63) is 56.7 Å². The molecule has 1 unspecified atom stereocenters. The molecule has 0 saturated carbocycles. The van der Waals surface area contributed by atoms with Gasteiger partial charge >= 0.3 is 13.6 Å². The van der Waals surface area contributed by atoms with Gasteiger partial charge < -0.3 is 24.2 Å². The predicted octanol–water partition coefficient (Wildman–Crippen LogP) is 3.84. The van der Waals surface area contributed by atoms with E-state index in [2.05, 4.69) is 4.98 Å². The third kappa shape index (κ3) is 7.53. The number of aliphatic hydroxyl groups excluding tert-OH is 1. The first-order valence-corrected chi connectivity index (χ1v) is 14.4. The third-order valence-electron chi connectivity index (χ3n) is 5.77. The zero-order valence-electron chi connectivity index (χ0n) is 23.0. The molecule has 0 aliphatic carbocycles. The molecule has 0 bridgehead atoms. The van der Waals surface area contributed by atoms with Crippen LogP contribution in [-0.4, -0.2) is 62.9 Å². The van der Waals surface area contributed by atoms with Gasteiger partial charge in [-0.3, -0.25) is 23.7 Å². The Morgan fingerprint density at radius 1 is 1.39 bits per heavy atom. The number of aliphatic hydroxyl groups is 2. The highest BCUT2D eigenvalue weighted by Gasteiger charge is 2.53. The summed E-state index contributed by atoms with van der Waals surface area (Å²) in [7, 11) is -4.52. The molecule has 1 aliphatic heterocycles. The fraction of sp³-hybridized carbons (Fsp3) is 0.542. The molecule has 1 fully saturated rings. The van der Waals surface area contributed by atoms with Crippen LogP contribution in [0.2, 0.25) is 5.02 Å². The van der Waals surface area contributed by atoms with Gasteiger partial charge in [0.05, 0.1) is 28.0 Å². The van der Waals surface area contributed by atoms with Gasteiger partial charge in [0.15, 0.2) is 11.0 Å². The van der Waals surface area contributed by atoms with Crippen LogP contribution >= 0.6 is 31.4 Å². The number of esters is 1. The van der Waals surface area contributed by atoms with Crippen molar-refractivity contribution in [3.8, 4) is 5.75 Å². The summed E-state index contributed by atoms with van der Waals surface area (Å²) in [5.74, 6) is -1.67. The summed E-state index contributed by atoms with van der Waals surface area (Å²) in [6.45, 7) is 1.67. The Balaban J connectivity index is 1.90. The first-order valence-electron chi connectivity index (χ1n) is 12.9. The monoisotopic (exact) mass is 592 g/mol. The van der Waals surface area contributed by atoms with E-state index in [4.69, 9.17) is 45.1 Å². The predicted molar refractivity (Wildman–Crippen MR) is 142 cm³/mol. The van der Waals surface area contributed by atoms with Crippen molar-refractivity contribution in [1.82, 2.24) is 9.55 Å². The lowest BCUT2D eigenvalue weighted by Crippen LogP contribution is -2.44. The van der Waals surface area contributed by atoms with E-state index in [0.717, 1.165) is 17.1 Å². The van der Waals surface area contributed by atoms with Crippen molar-refractivity contribution in [3.63, 3.8) is 0 Å². The highest BCUT2D eigenvalue weighted by Crippen LogP contribution is 2.51. The molecule has 0 radical (unpaired) electrons. The SMILES string of the molecule is [2H]C([2H])(O[P@](=O)(C[C@@H](C)C(=O)OCCCC)Oc1ccc(Cl)cc1)[C@H]1O[C@@H](n2ccc(=O)[nH]c2=S)C(C)(O)[C@H]1O. The molecule has 14 heteroatoms. The molecule has 38 heavy (non-hydrogen) atoms. The van der Waals surface area contributed by atoms with Gasteiger partial charge in [0.25, 0.3) is 5.56 Å². The van der Waals surface area contributed by atoms with Crippen LogP contribution in [0.1, 0.15) is 42.6 Å². The molecule has 3 rings (SSSR count). The number of carbonyl (C=O) groups excluding carboxylic acids is 1. The molecule has 2 aromatic rings. The number of aromatic amines is 1. The fourth-order valence-corrected chi connectivity index (χ4v) is 5.70. The Labute approximate surface area is 233 Å². The van der Waals surface area contributed by atoms with Crippen molar-refractivity contribution < 1.29 is 40.8 Å². The van der Waals surface area contributed by atoms with Crippen LogP contribution in [0.3, 0.4) is 0 Å². The number of carbonyl (C=O) groups is 1. The second kappa shape index (κ2) is 12.9. The van der Waals surface area contributed by atoms with E-state index in [-0.39, 0.29) is 17.1 Å². The minimum Gasteiger partial charge on any atom is -0.465 e. The fourth-order valence-electron chi connectivity index (χ4n) is 3.61. The largest absolute Gasteiger partial charge is 0.465 e. The van der Waals surface area contributed by atoms with Gasteiger partial charge in [-0.2, -0.15) is 0 Å². The second-order valence-electron chi connectivity index (χ2n) is 9.07. The van der Waals surface area contributed by atoms with Crippen LogP contribution < -0.4 is 10.1 Å². The van der Waals surface area contributed by atoms with Gasteiger partial charge in [0.1, 0.15) is 23.6 Å². The van der Waals surface area contributed by atoms with Gasteiger partial charge in [-0.05, 0) is 49.8 Å². The van der Waals surface area contributed by atoms with Gasteiger partial charge in [0, 0.05) is 17.3 Å². The molecule has 210 valence electrons. The quantitative estimate of drug-likeness (QED) is 0.144. The average molecular weight is 593 g/mol. The molecule has 11 nitrogen and oxygen atoms in total. The number of unbranched alkanes of at least 4 members (excludes halogenated alkanes) is 1. The number of H-pyrrole nitrogens is 1. The summed E-state index contributed by atoms with van der Waals surface area (Å²) in [6.07, 6.45) is -3.22. The standard InChI is InChI=1S/C24H32ClN2O9PS/c1-4-5-12-33-21(30)15(2)14-37(32,36-17-8-6-16(25)7-9-17)34-13-18-20(29)24(3,31)22(35-18)27-11-10-19(28)26-23(27)38/h6-11,15,18,20,22,29,31H,4-5,12-14H2,1-3H3,(H,26,28,38)/t15-,18-,20+,22-,24?,37-/m1/s1/i13D2. The topological polar surface area (TPSA) is 149 Å². The van der Waals surface area contributed by atoms with Crippen LogP contribution in [0.15, 0.2) is 41.3 Å². The lowest BCUT2D eigenvalue weighted by atomic mass is 9.96. The first kappa shape index (κ1) is 27.5. The normalized spacial score (nSPS) is 26.6. The number of nitrogens with one attached hydrogen (secondary N) is 1. The van der Waals surface area contributed by atoms with E-state index >= 15 is 0 Å². The van der Waals surface area contributed by atoms with Crippen molar-refractivity contribution in [1.29, 1.82) is 0 Å². The van der Waals surface area contributed by atoms with Gasteiger partial charge in [-0.25, -0.2) is 4.57 Å². The molecule has 0 spiro atoms. The number of hydrogen-bond donors (Lipinski definition) is 3. The lowest BCUT2D eigenvalue weighted by molar-refractivity contribution is -0.147. The molecular formula is C24H32ClN2O9PS. The number of nitrogens with zero attached hydrogens (tertiary/aromatic N) is 1. The van der Waals surface area contributed by atoms with Crippen LogP contribution in [0.4, 0.5) is 0 Å². The molecule has 6 atom stereocenters. The van der Waals surface area contributed by atoms with E-state index in [9.17, 15) is 24.4 Å². The Hall–Kier alpha value is -2.05. The maximum atomic E-state index is 14.0. The maximum absolute atomic E-state index is 14.0. The highest BCUT2D eigenvalue weighted by atomic mass is 35.5. The number of benzene rings is 1. The highest BCUT2D eigenvalue weighted by molar-refractivity contribution is 7.71. The Kier molecular flexibility index (Phi) is 9.32. The number of halogens is 1. The number of aromatic nitrogens is 2. The molecule has 1 aliphatic rings. The summed E-state index contributed by atoms with van der Waals surface area (Å²) in [5.41, 5.74) is -2.65. The summed E-state index contributed by atoms with van der Waals surface area (Å²) >= 11 is 11.0. The average Bonchev–Trinajstić information content (AvgIpc) is 3.09. The molecule has 2 heterocycles. The number of rotatable bonds is 12. The van der Waals surface area contributed by atoms with Crippen LogP contribution in [0, 0.1) is 10.7 Å². The molecular weight excluding hydrogens is 559 g/mol. The third-order valence-corrected chi connectivity index (χ3v) is 8.21. The van der Waals surface area contributed by atoms with Crippen molar-refractivity contribution in [2.45, 2.75) is 57.6 Å². The smallest absolute Gasteiger partial charge is 0.380 e. The molecule has 1 aromatic heterocycles. The lowest BCUT2D eigenvalue weighted by Gasteiger charge is -2.28. The zero-order valence-corrected chi connectivity index (χ0v) is 23.5. The van der Waals surface area contributed by atoms with E-state index in [1.54, 1.807) is 0 Å². The Morgan fingerprint density at radius 2 is 2.08 bits per heavy atom. The zero-order chi connectivity index (χ0) is 29.9. The number of hydrogen-bond acceptors (Lipinski definition) is 10. The minimum absolute atomic E-state index is 0.0207. The van der Waals surface area contributed by atoms with Crippen LogP contribution in [0.5, 0.6) is 5.75 Å². The van der Waals surface area contributed by atoms with Gasteiger partial charge in [0.2, 0.25) is 0 Å². The van der Waals surface area contributed by atoms with Crippen LogP contribution in [-0.2, 0) is 23.4 Å². The first-order chi connectivity index (χ1) is 18.6. The van der Waals surface area contributed by atoms with E-state index in [1.807, 2.05) is 6.92 Å². The van der Waals surface area contributed by atoms with E-state index in [0.29, 0.717) is 11.4 Å². The van der Waals surface area contributed by atoms with Gasteiger partial charge in [-0.1, -0.05) is 31.9 Å². The van der Waals surface area contributed by atoms with Crippen molar-refractivity contribution in [2.75, 3.05) is 19.3 Å². The van der Waals surface area contributed by atoms with E-state index < -0.39 is 61.8 Å². The Bertz CT molecular complexity index is 1350. The summed E-state index contributed by atoms with van der Waals surface area (Å²) in [4.78, 5) is 26.4. The molecule has 0 amide bonds. The maximum Gasteiger partial charge on any atom is 0.380 e. The molecule has 1 saturated heterocycles. The molecule has 3 N–H and O–H groups in total. The Morgan fingerprint density at radius 3 is 2.71 bits per heavy atom. The molecule has 1 aromatic carbocycles. The van der Waals surface area contributed by atoms with Crippen molar-refractivity contribution >= 4 is 37.4 Å². The summed E-state index contributed by atoms with van der Waals surface area (Å²) in [5, 5.41) is 22.3. The summed E-state index contributed by atoms with van der Waals surface area (Å²) in [6, 6.07) is 6.79. The van der Waals surface area contributed by atoms with Crippen LogP contribution in [0.25, 0.3) is 0 Å². The number of ether oxygens (including phenoxy) is 2. The van der Waals surface area contributed by atoms with Gasteiger partial charge in [-0.15, -0.1) is 0 Å². The minimum atomic E-state index is -4.52. The summed E-state index contributed by atoms with van der Waals surface area (Å²) < 4.78 is 54.0. The second-order valence-corrected chi connectivity index (χ2v) is 11.8. The van der Waals surface area contributed by atoms with E-state index in [1.165, 1.54) is 44.3 Å².